The molecular weight excluding hydrogens is 314 g/mol. The Morgan fingerprint density at radius 1 is 1.10 bits per heavy atom. The van der Waals surface area contributed by atoms with Crippen LogP contribution < -0.4 is 5.73 Å². The lowest BCUT2D eigenvalue weighted by Gasteiger charge is -2.14. The molecule has 0 radical (unpaired) electrons. The van der Waals surface area contributed by atoms with Crippen LogP contribution in [0.2, 0.25) is 0 Å². The van der Waals surface area contributed by atoms with Crippen molar-refractivity contribution in [3.8, 4) is 11.4 Å². The lowest BCUT2D eigenvalue weighted by Crippen LogP contribution is -2.15. The van der Waals surface area contributed by atoms with Gasteiger partial charge in [0.05, 0.1) is 0 Å². The first-order valence-corrected chi connectivity index (χ1v) is 7.60. The summed E-state index contributed by atoms with van der Waals surface area (Å²) in [6.07, 6.45) is 0.939. The second kappa shape index (κ2) is 6.46. The van der Waals surface area contributed by atoms with E-state index in [4.69, 9.17) is 5.73 Å². The highest BCUT2D eigenvalue weighted by Gasteiger charge is 2.12. The van der Waals surface area contributed by atoms with Crippen LogP contribution in [0.15, 0.2) is 28.7 Å². The molecule has 106 valence electrons. The molecule has 1 atom stereocenters. The summed E-state index contributed by atoms with van der Waals surface area (Å²) in [4.78, 5) is 9.31. The summed E-state index contributed by atoms with van der Waals surface area (Å²) in [5, 5.41) is 0. The Morgan fingerprint density at radius 2 is 1.65 bits per heavy atom. The van der Waals surface area contributed by atoms with Gasteiger partial charge in [-0.1, -0.05) is 35.0 Å². The van der Waals surface area contributed by atoms with Gasteiger partial charge in [0.1, 0.15) is 0 Å². The fourth-order valence-corrected chi connectivity index (χ4v) is 2.46. The van der Waals surface area contributed by atoms with E-state index < -0.39 is 0 Å². The maximum atomic E-state index is 5.71. The molecule has 0 fully saturated rings. The number of hydrogen-bond donors (Lipinski definition) is 1. The molecule has 0 saturated carbocycles. The molecule has 2 rings (SSSR count). The molecule has 0 spiro atoms. The van der Waals surface area contributed by atoms with Crippen LogP contribution in [0.4, 0.5) is 0 Å². The van der Waals surface area contributed by atoms with Crippen molar-refractivity contribution in [2.45, 2.75) is 27.2 Å². The Kier molecular flexibility index (Phi) is 4.89. The van der Waals surface area contributed by atoms with Crippen molar-refractivity contribution in [3.05, 3.63) is 45.7 Å². The van der Waals surface area contributed by atoms with Crippen molar-refractivity contribution in [1.82, 2.24) is 9.97 Å². The summed E-state index contributed by atoms with van der Waals surface area (Å²) in [5.41, 5.74) is 10.1. The van der Waals surface area contributed by atoms with Gasteiger partial charge in [-0.2, -0.15) is 0 Å². The van der Waals surface area contributed by atoms with Crippen LogP contribution >= 0.6 is 15.9 Å². The quantitative estimate of drug-likeness (QED) is 0.928. The fraction of sp³-hybridized carbons (Fsp3) is 0.375. The standard InChI is InChI=1S/C16H20BrN3/c1-10(9-18)8-15-11(2)19-16(20-12(15)3)13-4-6-14(17)7-5-13/h4-7,10H,8-9,18H2,1-3H3. The number of rotatable bonds is 4. The highest BCUT2D eigenvalue weighted by Crippen LogP contribution is 2.22. The first-order valence-electron chi connectivity index (χ1n) is 6.81. The molecule has 0 aliphatic heterocycles. The Balaban J connectivity index is 2.37. The van der Waals surface area contributed by atoms with E-state index in [1.165, 1.54) is 5.56 Å². The first kappa shape index (κ1) is 15.1. The van der Waals surface area contributed by atoms with Gasteiger partial charge in [-0.15, -0.1) is 0 Å². The summed E-state index contributed by atoms with van der Waals surface area (Å²) in [6, 6.07) is 8.07. The van der Waals surface area contributed by atoms with Crippen LogP contribution in [-0.4, -0.2) is 16.5 Å². The molecule has 2 aromatic rings. The van der Waals surface area contributed by atoms with Crippen molar-refractivity contribution in [2.24, 2.45) is 11.7 Å². The third kappa shape index (κ3) is 3.44. The molecule has 0 bridgehead atoms. The molecule has 1 aromatic carbocycles. The van der Waals surface area contributed by atoms with Gasteiger partial charge >= 0.3 is 0 Å². The minimum absolute atomic E-state index is 0.453. The second-order valence-corrected chi connectivity index (χ2v) is 6.16. The zero-order chi connectivity index (χ0) is 14.7. The highest BCUT2D eigenvalue weighted by atomic mass is 79.9. The van der Waals surface area contributed by atoms with Crippen molar-refractivity contribution < 1.29 is 0 Å². The highest BCUT2D eigenvalue weighted by molar-refractivity contribution is 9.10. The van der Waals surface area contributed by atoms with Crippen molar-refractivity contribution in [1.29, 1.82) is 0 Å². The zero-order valence-electron chi connectivity index (χ0n) is 12.2. The minimum Gasteiger partial charge on any atom is -0.330 e. The molecular formula is C16H20BrN3. The Labute approximate surface area is 128 Å². The third-order valence-corrected chi connectivity index (χ3v) is 4.01. The molecule has 1 aromatic heterocycles. The van der Waals surface area contributed by atoms with Gasteiger partial charge in [-0.25, -0.2) is 9.97 Å². The van der Waals surface area contributed by atoms with Crippen LogP contribution in [0.1, 0.15) is 23.9 Å². The summed E-state index contributed by atoms with van der Waals surface area (Å²) < 4.78 is 1.06. The van der Waals surface area contributed by atoms with E-state index in [1.807, 2.05) is 24.3 Å². The van der Waals surface area contributed by atoms with E-state index >= 15 is 0 Å². The fourth-order valence-electron chi connectivity index (χ4n) is 2.19. The number of aryl methyl sites for hydroxylation is 2. The van der Waals surface area contributed by atoms with E-state index in [0.29, 0.717) is 12.5 Å². The Bertz CT molecular complexity index is 570. The SMILES string of the molecule is Cc1nc(-c2ccc(Br)cc2)nc(C)c1CC(C)CN. The molecule has 0 amide bonds. The lowest BCUT2D eigenvalue weighted by molar-refractivity contribution is 0.586. The molecule has 0 aliphatic rings. The van der Waals surface area contributed by atoms with Gasteiger partial charge < -0.3 is 5.73 Å². The first-order chi connectivity index (χ1) is 9.51. The largest absolute Gasteiger partial charge is 0.330 e. The molecule has 4 heteroatoms. The molecule has 3 nitrogen and oxygen atoms in total. The number of hydrogen-bond acceptors (Lipinski definition) is 3. The van der Waals surface area contributed by atoms with Crippen molar-refractivity contribution in [2.75, 3.05) is 6.54 Å². The smallest absolute Gasteiger partial charge is 0.159 e. The van der Waals surface area contributed by atoms with E-state index in [1.54, 1.807) is 0 Å². The van der Waals surface area contributed by atoms with Gasteiger partial charge in [0.15, 0.2) is 5.82 Å². The Hall–Kier alpha value is -1.26. The molecule has 1 unspecified atom stereocenters. The number of nitrogens with zero attached hydrogens (tertiary/aromatic N) is 2. The van der Waals surface area contributed by atoms with Gasteiger partial charge in [0.2, 0.25) is 0 Å². The van der Waals surface area contributed by atoms with Crippen LogP contribution in [0.3, 0.4) is 0 Å². The molecule has 20 heavy (non-hydrogen) atoms. The summed E-state index contributed by atoms with van der Waals surface area (Å²) in [6.45, 7) is 6.94. The van der Waals surface area contributed by atoms with Gasteiger partial charge in [-0.3, -0.25) is 0 Å². The lowest BCUT2D eigenvalue weighted by atomic mass is 9.99. The normalized spacial score (nSPS) is 12.4. The predicted octanol–water partition coefficient (Wildman–Crippen LogP) is 3.66. The summed E-state index contributed by atoms with van der Waals surface area (Å²) >= 11 is 3.44. The van der Waals surface area contributed by atoms with Crippen molar-refractivity contribution >= 4 is 15.9 Å². The maximum absolute atomic E-state index is 5.71. The zero-order valence-corrected chi connectivity index (χ0v) is 13.7. The Morgan fingerprint density at radius 3 is 2.15 bits per heavy atom. The molecule has 0 saturated heterocycles. The van der Waals surface area contributed by atoms with Crippen molar-refractivity contribution in [3.63, 3.8) is 0 Å². The predicted molar refractivity (Wildman–Crippen MR) is 86.6 cm³/mol. The number of aromatic nitrogens is 2. The van der Waals surface area contributed by atoms with E-state index in [-0.39, 0.29) is 0 Å². The van der Waals surface area contributed by atoms with Gasteiger partial charge in [0.25, 0.3) is 0 Å². The molecule has 2 N–H and O–H groups in total. The average molecular weight is 334 g/mol. The van der Waals surface area contributed by atoms with E-state index in [0.717, 1.165) is 33.7 Å². The van der Waals surface area contributed by atoms with Gasteiger partial charge in [-0.05, 0) is 50.4 Å². The third-order valence-electron chi connectivity index (χ3n) is 3.48. The number of benzene rings is 1. The van der Waals surface area contributed by atoms with Gasteiger partial charge in [0, 0.05) is 21.4 Å². The monoisotopic (exact) mass is 333 g/mol. The van der Waals surface area contributed by atoms with E-state index in [2.05, 4.69) is 46.7 Å². The van der Waals surface area contributed by atoms with Crippen LogP contribution in [0.25, 0.3) is 11.4 Å². The van der Waals surface area contributed by atoms with Crippen LogP contribution in [-0.2, 0) is 6.42 Å². The molecule has 0 aliphatic carbocycles. The minimum atomic E-state index is 0.453. The second-order valence-electron chi connectivity index (χ2n) is 5.25. The number of halogens is 1. The molecule has 1 heterocycles. The van der Waals surface area contributed by atoms with Crippen LogP contribution in [0.5, 0.6) is 0 Å². The average Bonchev–Trinajstić information content (AvgIpc) is 2.43. The summed E-state index contributed by atoms with van der Waals surface area (Å²) in [5.74, 6) is 1.24. The topological polar surface area (TPSA) is 51.8 Å². The number of nitrogens with two attached hydrogens (primary N) is 1. The van der Waals surface area contributed by atoms with E-state index in [9.17, 15) is 0 Å². The maximum Gasteiger partial charge on any atom is 0.159 e. The summed E-state index contributed by atoms with van der Waals surface area (Å²) in [7, 11) is 0. The van der Waals surface area contributed by atoms with Crippen LogP contribution in [0, 0.1) is 19.8 Å².